The maximum Gasteiger partial charge on any atom is 0.149 e. The lowest BCUT2D eigenvalue weighted by Crippen LogP contribution is -1.94. The molecule has 27 heavy (non-hydrogen) atoms. The summed E-state index contributed by atoms with van der Waals surface area (Å²) in [5.74, 6) is -1.62. The molecule has 0 saturated carbocycles. The first-order valence-corrected chi connectivity index (χ1v) is 8.12. The molecule has 2 aromatic carbocycles. The summed E-state index contributed by atoms with van der Waals surface area (Å²) in [4.78, 5) is 3.93. The zero-order valence-electron chi connectivity index (χ0n) is 13.9. The molecule has 132 valence electrons. The number of hydrogen-bond donors (Lipinski definition) is 0. The van der Waals surface area contributed by atoms with Crippen LogP contribution in [-0.2, 0) is 0 Å². The minimum atomic E-state index is -0.617. The van der Waals surface area contributed by atoms with Crippen molar-refractivity contribution in [3.63, 3.8) is 0 Å². The van der Waals surface area contributed by atoms with Crippen LogP contribution >= 0.6 is 0 Å². The average Bonchev–Trinajstić information content (AvgIpc) is 2.69. The number of aromatic nitrogens is 3. The first kappa shape index (κ1) is 16.9. The van der Waals surface area contributed by atoms with E-state index in [1.165, 1.54) is 42.7 Å². The van der Waals surface area contributed by atoms with Crippen LogP contribution in [0, 0.1) is 17.5 Å². The summed E-state index contributed by atoms with van der Waals surface area (Å²) in [6.45, 7) is 0. The van der Waals surface area contributed by atoms with Gasteiger partial charge in [0.05, 0.1) is 11.9 Å². The van der Waals surface area contributed by atoms with E-state index in [1.807, 2.05) is 0 Å². The van der Waals surface area contributed by atoms with Gasteiger partial charge in [-0.05, 0) is 48.0 Å². The summed E-state index contributed by atoms with van der Waals surface area (Å²) in [6.07, 6.45) is 2.88. The Hall–Kier alpha value is -3.54. The average molecular weight is 363 g/mol. The van der Waals surface area contributed by atoms with Crippen molar-refractivity contribution in [2.45, 2.75) is 0 Å². The van der Waals surface area contributed by atoms with Crippen molar-refractivity contribution in [2.24, 2.45) is 0 Å². The lowest BCUT2D eigenvalue weighted by Gasteiger charge is -2.09. The Balaban J connectivity index is 1.81. The smallest absolute Gasteiger partial charge is 0.149 e. The van der Waals surface area contributed by atoms with Crippen molar-refractivity contribution in [1.29, 1.82) is 0 Å². The fraction of sp³-hybridized carbons (Fsp3) is 0. The molecule has 6 heteroatoms. The van der Waals surface area contributed by atoms with Crippen molar-refractivity contribution in [3.05, 3.63) is 90.5 Å². The first-order valence-electron chi connectivity index (χ1n) is 8.12. The van der Waals surface area contributed by atoms with Crippen LogP contribution in [0.4, 0.5) is 13.2 Å². The molecule has 0 amide bonds. The Bertz CT molecular complexity index is 1130. The van der Waals surface area contributed by atoms with Gasteiger partial charge in [-0.25, -0.2) is 13.2 Å². The Morgan fingerprint density at radius 1 is 0.667 bits per heavy atom. The second-order valence-corrected chi connectivity index (χ2v) is 5.84. The molecule has 2 heterocycles. The van der Waals surface area contributed by atoms with Crippen molar-refractivity contribution >= 4 is 0 Å². The first-order chi connectivity index (χ1) is 13.1. The molecule has 0 fully saturated rings. The van der Waals surface area contributed by atoms with E-state index in [2.05, 4.69) is 15.2 Å². The van der Waals surface area contributed by atoms with E-state index in [0.29, 0.717) is 22.4 Å². The molecule has 2 aromatic heterocycles. The van der Waals surface area contributed by atoms with E-state index in [-0.39, 0.29) is 11.3 Å². The molecule has 4 rings (SSSR count). The van der Waals surface area contributed by atoms with Crippen LogP contribution in [0.5, 0.6) is 0 Å². The van der Waals surface area contributed by atoms with Crippen LogP contribution in [0.3, 0.4) is 0 Å². The van der Waals surface area contributed by atoms with E-state index in [0.717, 1.165) is 0 Å². The summed E-state index contributed by atoms with van der Waals surface area (Å²) in [6, 6.07) is 14.8. The van der Waals surface area contributed by atoms with Crippen LogP contribution in [0.2, 0.25) is 0 Å². The van der Waals surface area contributed by atoms with E-state index in [4.69, 9.17) is 0 Å². The van der Waals surface area contributed by atoms with E-state index < -0.39 is 17.5 Å². The molecule has 0 aliphatic rings. The molecular formula is C21H12F3N3. The van der Waals surface area contributed by atoms with Gasteiger partial charge in [-0.1, -0.05) is 18.2 Å². The van der Waals surface area contributed by atoms with Crippen molar-refractivity contribution < 1.29 is 13.2 Å². The minimum absolute atomic E-state index is 0.0369. The van der Waals surface area contributed by atoms with Crippen molar-refractivity contribution in [1.82, 2.24) is 15.2 Å². The monoisotopic (exact) mass is 363 g/mol. The van der Waals surface area contributed by atoms with E-state index >= 15 is 0 Å². The van der Waals surface area contributed by atoms with E-state index in [9.17, 15) is 13.2 Å². The molecule has 0 atom stereocenters. The number of benzene rings is 2. The topological polar surface area (TPSA) is 38.7 Å². The van der Waals surface area contributed by atoms with Crippen LogP contribution in [0.15, 0.2) is 73.1 Å². The summed E-state index contributed by atoms with van der Waals surface area (Å²) in [5.41, 5.74) is 1.80. The highest BCUT2D eigenvalue weighted by molar-refractivity contribution is 5.74. The van der Waals surface area contributed by atoms with Crippen LogP contribution in [-0.4, -0.2) is 15.2 Å². The maximum atomic E-state index is 14.3. The van der Waals surface area contributed by atoms with Gasteiger partial charge in [0.15, 0.2) is 0 Å². The van der Waals surface area contributed by atoms with Gasteiger partial charge in [-0.15, -0.1) is 0 Å². The molecule has 0 bridgehead atoms. The van der Waals surface area contributed by atoms with Gasteiger partial charge in [0.1, 0.15) is 23.1 Å². The third-order valence-electron chi connectivity index (χ3n) is 4.12. The van der Waals surface area contributed by atoms with Crippen LogP contribution in [0.1, 0.15) is 0 Å². The molecule has 3 nitrogen and oxygen atoms in total. The third-order valence-corrected chi connectivity index (χ3v) is 4.12. The van der Waals surface area contributed by atoms with Gasteiger partial charge < -0.3 is 0 Å². The summed E-state index contributed by atoms with van der Waals surface area (Å²) in [5, 5.41) is 7.89. The summed E-state index contributed by atoms with van der Waals surface area (Å²) < 4.78 is 42.3. The number of rotatable bonds is 3. The minimum Gasteiger partial charge on any atom is -0.253 e. The van der Waals surface area contributed by atoms with Gasteiger partial charge in [-0.2, -0.15) is 10.2 Å². The molecule has 0 saturated heterocycles. The molecule has 0 radical (unpaired) electrons. The Morgan fingerprint density at radius 3 is 2.26 bits per heavy atom. The largest absolute Gasteiger partial charge is 0.253 e. The maximum absolute atomic E-state index is 14.3. The molecule has 0 unspecified atom stereocenters. The number of pyridine rings is 1. The lowest BCUT2D eigenvalue weighted by atomic mass is 10.0. The van der Waals surface area contributed by atoms with Crippen LogP contribution < -0.4 is 0 Å². The second-order valence-electron chi connectivity index (χ2n) is 5.84. The SMILES string of the molecule is Fc1ccccc1-c1cc(-c2ccc(F)c(-c3ncccc3F)c2)cnn1. The van der Waals surface area contributed by atoms with Crippen molar-refractivity contribution in [2.75, 3.05) is 0 Å². The highest BCUT2D eigenvalue weighted by atomic mass is 19.1. The fourth-order valence-corrected chi connectivity index (χ4v) is 2.80. The number of hydrogen-bond acceptors (Lipinski definition) is 3. The third kappa shape index (κ3) is 3.29. The summed E-state index contributed by atoms with van der Waals surface area (Å²) in [7, 11) is 0. The molecule has 0 aliphatic heterocycles. The molecule has 4 aromatic rings. The Labute approximate surface area is 153 Å². The highest BCUT2D eigenvalue weighted by Gasteiger charge is 2.14. The van der Waals surface area contributed by atoms with Gasteiger partial charge >= 0.3 is 0 Å². The Morgan fingerprint density at radius 2 is 1.44 bits per heavy atom. The number of halogens is 3. The zero-order valence-corrected chi connectivity index (χ0v) is 13.9. The molecule has 0 spiro atoms. The molecular weight excluding hydrogens is 351 g/mol. The molecule has 0 N–H and O–H groups in total. The van der Waals surface area contributed by atoms with Crippen LogP contribution in [0.25, 0.3) is 33.6 Å². The van der Waals surface area contributed by atoms with Gasteiger partial charge in [0, 0.05) is 22.9 Å². The standard InChI is InChI=1S/C21H12F3N3/c22-17-5-2-1-4-15(17)20-11-14(12-26-27-20)13-7-8-18(23)16(10-13)21-19(24)6-3-9-25-21/h1-12H. The quantitative estimate of drug-likeness (QED) is 0.496. The Kier molecular flexibility index (Phi) is 4.38. The number of nitrogens with zero attached hydrogens (tertiary/aromatic N) is 3. The zero-order chi connectivity index (χ0) is 18.8. The van der Waals surface area contributed by atoms with Gasteiger partial charge in [0.2, 0.25) is 0 Å². The van der Waals surface area contributed by atoms with Gasteiger partial charge in [-0.3, -0.25) is 4.98 Å². The van der Waals surface area contributed by atoms with Crippen molar-refractivity contribution in [3.8, 4) is 33.6 Å². The predicted octanol–water partition coefficient (Wildman–Crippen LogP) is 5.29. The predicted molar refractivity (Wildman–Crippen MR) is 96.0 cm³/mol. The lowest BCUT2D eigenvalue weighted by molar-refractivity contribution is 0.611. The fourth-order valence-electron chi connectivity index (χ4n) is 2.80. The molecule has 0 aliphatic carbocycles. The summed E-state index contributed by atoms with van der Waals surface area (Å²) >= 11 is 0. The highest BCUT2D eigenvalue weighted by Crippen LogP contribution is 2.30. The second kappa shape index (κ2) is 6.99. The van der Waals surface area contributed by atoms with E-state index in [1.54, 1.807) is 30.3 Å². The normalized spacial score (nSPS) is 10.8. The van der Waals surface area contributed by atoms with Gasteiger partial charge in [0.25, 0.3) is 0 Å².